The molecule has 4 heteroatoms. The highest BCUT2D eigenvalue weighted by atomic mass is 79.9. The highest BCUT2D eigenvalue weighted by Gasteiger charge is 2.03. The lowest BCUT2D eigenvalue weighted by Crippen LogP contribution is -2.24. The molecule has 0 heterocycles. The van der Waals surface area contributed by atoms with Crippen molar-refractivity contribution >= 4 is 21.8 Å². The van der Waals surface area contributed by atoms with Crippen LogP contribution in [0.3, 0.4) is 0 Å². The van der Waals surface area contributed by atoms with Gasteiger partial charge in [0.25, 0.3) is 0 Å². The normalized spacial score (nSPS) is 10.2. The lowest BCUT2D eigenvalue weighted by atomic mass is 10.1. The van der Waals surface area contributed by atoms with Gasteiger partial charge < -0.3 is 5.32 Å². The highest BCUT2D eigenvalue weighted by molar-refractivity contribution is 9.10. The molecule has 98 valence electrons. The zero-order chi connectivity index (χ0) is 13.7. The van der Waals surface area contributed by atoms with Crippen LogP contribution in [0.2, 0.25) is 0 Å². The molecule has 0 spiro atoms. The Morgan fingerprint density at radius 1 is 1.00 bits per heavy atom. The van der Waals surface area contributed by atoms with E-state index in [9.17, 15) is 9.18 Å². The Morgan fingerprint density at radius 2 is 1.58 bits per heavy atom. The topological polar surface area (TPSA) is 29.1 Å². The minimum absolute atomic E-state index is 0.0745. The van der Waals surface area contributed by atoms with Gasteiger partial charge in [0.2, 0.25) is 5.91 Å². The summed E-state index contributed by atoms with van der Waals surface area (Å²) in [6.07, 6.45) is 0.261. The average Bonchev–Trinajstić information content (AvgIpc) is 2.41. The Balaban J connectivity index is 1.84. The van der Waals surface area contributed by atoms with Gasteiger partial charge in [0, 0.05) is 11.0 Å². The number of carbonyl (C=O) groups is 1. The van der Waals surface area contributed by atoms with Crippen LogP contribution in [-0.4, -0.2) is 5.91 Å². The van der Waals surface area contributed by atoms with E-state index in [0.29, 0.717) is 6.54 Å². The highest BCUT2D eigenvalue weighted by Crippen LogP contribution is 2.10. The van der Waals surface area contributed by atoms with Crippen molar-refractivity contribution in [1.82, 2.24) is 5.32 Å². The molecule has 0 aromatic heterocycles. The third-order valence-corrected chi connectivity index (χ3v) is 3.21. The van der Waals surface area contributed by atoms with E-state index in [0.717, 1.165) is 15.6 Å². The van der Waals surface area contributed by atoms with E-state index in [-0.39, 0.29) is 18.1 Å². The van der Waals surface area contributed by atoms with Crippen LogP contribution in [0, 0.1) is 5.82 Å². The van der Waals surface area contributed by atoms with Gasteiger partial charge in [0.15, 0.2) is 0 Å². The number of halogens is 2. The van der Waals surface area contributed by atoms with Crippen molar-refractivity contribution in [2.45, 2.75) is 13.0 Å². The van der Waals surface area contributed by atoms with E-state index in [4.69, 9.17) is 0 Å². The number of carbonyl (C=O) groups excluding carboxylic acids is 1. The van der Waals surface area contributed by atoms with Gasteiger partial charge in [-0.2, -0.15) is 0 Å². The van der Waals surface area contributed by atoms with Crippen molar-refractivity contribution in [3.8, 4) is 0 Å². The fourth-order valence-corrected chi connectivity index (χ4v) is 1.92. The molecule has 0 bridgehead atoms. The summed E-state index contributed by atoms with van der Waals surface area (Å²) in [6.45, 7) is 0.493. The predicted octanol–water partition coefficient (Wildman–Crippen LogP) is 3.45. The number of nitrogens with one attached hydrogen (secondary N) is 1. The molecule has 2 aromatic rings. The van der Waals surface area contributed by atoms with E-state index >= 15 is 0 Å². The van der Waals surface area contributed by atoms with Crippen LogP contribution in [0.15, 0.2) is 53.0 Å². The molecule has 0 unspecified atom stereocenters. The van der Waals surface area contributed by atoms with Crippen molar-refractivity contribution in [3.63, 3.8) is 0 Å². The van der Waals surface area contributed by atoms with Crippen LogP contribution in [0.1, 0.15) is 11.1 Å². The van der Waals surface area contributed by atoms with Gasteiger partial charge in [0.05, 0.1) is 6.42 Å². The van der Waals surface area contributed by atoms with Crippen LogP contribution in [-0.2, 0) is 17.8 Å². The van der Waals surface area contributed by atoms with E-state index in [1.165, 1.54) is 12.1 Å². The summed E-state index contributed by atoms with van der Waals surface area (Å²) in [5, 5.41) is 2.83. The molecule has 2 aromatic carbocycles. The summed E-state index contributed by atoms with van der Waals surface area (Å²) in [4.78, 5) is 11.7. The van der Waals surface area contributed by atoms with Crippen LogP contribution < -0.4 is 5.32 Å². The van der Waals surface area contributed by atoms with E-state index in [2.05, 4.69) is 21.2 Å². The molecule has 0 saturated heterocycles. The Labute approximate surface area is 119 Å². The monoisotopic (exact) mass is 321 g/mol. The van der Waals surface area contributed by atoms with Crippen LogP contribution >= 0.6 is 15.9 Å². The predicted molar refractivity (Wildman–Crippen MR) is 76.1 cm³/mol. The second-order valence-electron chi connectivity index (χ2n) is 4.21. The summed E-state index contributed by atoms with van der Waals surface area (Å²) in [5.74, 6) is -0.367. The molecule has 2 nitrogen and oxygen atoms in total. The Kier molecular flexibility index (Phi) is 4.68. The van der Waals surface area contributed by atoms with Gasteiger partial charge in [-0.15, -0.1) is 0 Å². The molecular weight excluding hydrogens is 309 g/mol. The summed E-state index contributed by atoms with van der Waals surface area (Å²) in [7, 11) is 0. The number of benzene rings is 2. The first kappa shape index (κ1) is 13.7. The standard InChI is InChI=1S/C15H13BrFNO/c16-13-5-1-12(2-6-13)10-18-15(19)9-11-3-7-14(17)8-4-11/h1-8H,9-10H2,(H,18,19). The SMILES string of the molecule is O=C(Cc1ccc(F)cc1)NCc1ccc(Br)cc1. The molecule has 0 radical (unpaired) electrons. The molecule has 2 rings (SSSR count). The third kappa shape index (κ3) is 4.48. The van der Waals surface area contributed by atoms with Crippen molar-refractivity contribution in [1.29, 1.82) is 0 Å². The molecule has 0 aliphatic heterocycles. The summed E-state index contributed by atoms with van der Waals surface area (Å²) >= 11 is 3.36. The lowest BCUT2D eigenvalue weighted by molar-refractivity contribution is -0.120. The average molecular weight is 322 g/mol. The first-order valence-electron chi connectivity index (χ1n) is 5.89. The maximum Gasteiger partial charge on any atom is 0.224 e. The molecule has 0 aliphatic rings. The first-order chi connectivity index (χ1) is 9.13. The Hall–Kier alpha value is -1.68. The zero-order valence-corrected chi connectivity index (χ0v) is 11.8. The van der Waals surface area contributed by atoms with Gasteiger partial charge in [-0.05, 0) is 35.4 Å². The molecule has 0 saturated carbocycles. The maximum atomic E-state index is 12.7. The second-order valence-corrected chi connectivity index (χ2v) is 5.12. The first-order valence-corrected chi connectivity index (χ1v) is 6.68. The second kappa shape index (κ2) is 6.48. The quantitative estimate of drug-likeness (QED) is 0.918. The molecule has 1 amide bonds. The Bertz CT molecular complexity index is 551. The molecular formula is C15H13BrFNO. The largest absolute Gasteiger partial charge is 0.352 e. The van der Waals surface area contributed by atoms with Gasteiger partial charge in [-0.1, -0.05) is 40.2 Å². The zero-order valence-electron chi connectivity index (χ0n) is 10.2. The summed E-state index contributed by atoms with van der Waals surface area (Å²) in [5.41, 5.74) is 1.84. The smallest absolute Gasteiger partial charge is 0.224 e. The maximum absolute atomic E-state index is 12.7. The van der Waals surface area contributed by atoms with Gasteiger partial charge in [-0.25, -0.2) is 4.39 Å². The molecule has 0 aliphatic carbocycles. The van der Waals surface area contributed by atoms with E-state index < -0.39 is 0 Å². The van der Waals surface area contributed by atoms with Crippen molar-refractivity contribution in [2.75, 3.05) is 0 Å². The lowest BCUT2D eigenvalue weighted by Gasteiger charge is -2.05. The van der Waals surface area contributed by atoms with Gasteiger partial charge >= 0.3 is 0 Å². The van der Waals surface area contributed by atoms with E-state index in [1.807, 2.05) is 24.3 Å². The number of amides is 1. The number of rotatable bonds is 4. The molecule has 1 N–H and O–H groups in total. The van der Waals surface area contributed by atoms with Crippen molar-refractivity contribution in [3.05, 3.63) is 69.9 Å². The minimum Gasteiger partial charge on any atom is -0.352 e. The van der Waals surface area contributed by atoms with Gasteiger partial charge in [0.1, 0.15) is 5.82 Å². The van der Waals surface area contributed by atoms with Crippen molar-refractivity contribution < 1.29 is 9.18 Å². The third-order valence-electron chi connectivity index (χ3n) is 2.68. The van der Waals surface area contributed by atoms with Gasteiger partial charge in [-0.3, -0.25) is 4.79 Å². The van der Waals surface area contributed by atoms with Crippen LogP contribution in [0.25, 0.3) is 0 Å². The summed E-state index contributed by atoms with van der Waals surface area (Å²) in [6, 6.07) is 13.7. The molecule has 19 heavy (non-hydrogen) atoms. The Morgan fingerprint density at radius 3 is 2.21 bits per heavy atom. The molecule has 0 fully saturated rings. The summed E-state index contributed by atoms with van der Waals surface area (Å²) < 4.78 is 13.7. The fraction of sp³-hybridized carbons (Fsp3) is 0.133. The fourth-order valence-electron chi connectivity index (χ4n) is 1.65. The van der Waals surface area contributed by atoms with Crippen molar-refractivity contribution in [2.24, 2.45) is 0 Å². The molecule has 0 atom stereocenters. The number of hydrogen-bond acceptors (Lipinski definition) is 1. The minimum atomic E-state index is -0.293. The van der Waals surface area contributed by atoms with Crippen LogP contribution in [0.5, 0.6) is 0 Å². The number of hydrogen-bond donors (Lipinski definition) is 1. The van der Waals surface area contributed by atoms with E-state index in [1.54, 1.807) is 12.1 Å². The van der Waals surface area contributed by atoms with Crippen LogP contribution in [0.4, 0.5) is 4.39 Å².